The van der Waals surface area contributed by atoms with Crippen LogP contribution in [0.15, 0.2) is 53.7 Å². The van der Waals surface area contributed by atoms with E-state index in [-0.39, 0.29) is 6.61 Å². The minimum Gasteiger partial charge on any atom is -0.484 e. The zero-order valence-electron chi connectivity index (χ0n) is 12.7. The summed E-state index contributed by atoms with van der Waals surface area (Å²) in [6.45, 7) is 0.930. The van der Waals surface area contributed by atoms with Crippen molar-refractivity contribution in [3.8, 4) is 5.75 Å². The third-order valence-corrected chi connectivity index (χ3v) is 3.19. The summed E-state index contributed by atoms with van der Waals surface area (Å²) in [7, 11) is 0. The van der Waals surface area contributed by atoms with Crippen LogP contribution in [0.2, 0.25) is 5.02 Å². The first-order valence-corrected chi connectivity index (χ1v) is 7.65. The van der Waals surface area contributed by atoms with E-state index in [9.17, 15) is 9.59 Å². The maximum Gasteiger partial charge on any atom is 0.332 e. The molecule has 0 bridgehead atoms. The molecule has 0 atom stereocenters. The zero-order valence-corrected chi connectivity index (χ0v) is 14.2. The van der Waals surface area contributed by atoms with Gasteiger partial charge >= 0.3 is 5.97 Å². The number of halogens is 2. The summed E-state index contributed by atoms with van der Waals surface area (Å²) in [4.78, 5) is 26.9. The number of hydrogen-bond acceptors (Lipinski definition) is 5. The molecule has 0 aliphatic carbocycles. The summed E-state index contributed by atoms with van der Waals surface area (Å²) in [6.07, 6.45) is 0. The molecular formula is C17H13Cl2NO4. The standard InChI is InChI=1S/C17H13Cl2NO4/c1-11(21)24-20-17(12-5-3-2-4-6-12)14-9-13(18)7-8-15(14)23-10-16(19)22/h2-9H,10H2,1H3. The molecule has 2 aromatic rings. The summed E-state index contributed by atoms with van der Waals surface area (Å²) in [5.74, 6) is -0.230. The lowest BCUT2D eigenvalue weighted by Crippen LogP contribution is -2.11. The van der Waals surface area contributed by atoms with Gasteiger partial charge in [-0.2, -0.15) is 0 Å². The Morgan fingerprint density at radius 1 is 1.12 bits per heavy atom. The second-order valence-corrected chi connectivity index (χ2v) is 5.53. The molecule has 124 valence electrons. The Kier molecular flexibility index (Phi) is 6.35. The molecule has 0 spiro atoms. The van der Waals surface area contributed by atoms with Gasteiger partial charge in [-0.05, 0) is 29.8 Å². The van der Waals surface area contributed by atoms with E-state index in [0.29, 0.717) is 27.6 Å². The zero-order chi connectivity index (χ0) is 17.5. The first-order valence-electron chi connectivity index (χ1n) is 6.89. The van der Waals surface area contributed by atoms with E-state index in [1.165, 1.54) is 6.92 Å². The molecule has 0 saturated carbocycles. The van der Waals surface area contributed by atoms with Crippen molar-refractivity contribution in [1.82, 2.24) is 0 Å². The van der Waals surface area contributed by atoms with Gasteiger partial charge in [-0.15, -0.1) is 0 Å². The van der Waals surface area contributed by atoms with Gasteiger partial charge in [0.05, 0.1) is 0 Å². The van der Waals surface area contributed by atoms with E-state index in [2.05, 4.69) is 5.16 Å². The molecule has 0 N–H and O–H groups in total. The molecule has 0 unspecified atom stereocenters. The summed E-state index contributed by atoms with van der Waals surface area (Å²) in [5.41, 5.74) is 1.49. The van der Waals surface area contributed by atoms with Crippen LogP contribution in [0.1, 0.15) is 18.1 Å². The van der Waals surface area contributed by atoms with Crippen LogP contribution < -0.4 is 4.74 Å². The minimum absolute atomic E-state index is 0.314. The van der Waals surface area contributed by atoms with Crippen molar-refractivity contribution in [3.63, 3.8) is 0 Å². The number of rotatable bonds is 6. The third kappa shape index (κ3) is 5.08. The van der Waals surface area contributed by atoms with E-state index >= 15 is 0 Å². The van der Waals surface area contributed by atoms with Crippen LogP contribution in [-0.4, -0.2) is 23.5 Å². The highest BCUT2D eigenvalue weighted by atomic mass is 35.5. The van der Waals surface area contributed by atoms with Gasteiger partial charge in [0.2, 0.25) is 0 Å². The summed E-state index contributed by atoms with van der Waals surface area (Å²) < 4.78 is 5.40. The Balaban J connectivity index is 2.52. The number of nitrogens with zero attached hydrogens (tertiary/aromatic N) is 1. The van der Waals surface area contributed by atoms with Crippen molar-refractivity contribution in [2.45, 2.75) is 6.92 Å². The third-order valence-electron chi connectivity index (χ3n) is 2.85. The Bertz CT molecular complexity index is 775. The maximum atomic E-state index is 11.1. The van der Waals surface area contributed by atoms with Crippen LogP contribution in [0.5, 0.6) is 5.75 Å². The lowest BCUT2D eigenvalue weighted by Gasteiger charge is -2.13. The van der Waals surface area contributed by atoms with E-state index in [1.807, 2.05) is 18.2 Å². The Morgan fingerprint density at radius 2 is 1.83 bits per heavy atom. The van der Waals surface area contributed by atoms with Crippen LogP contribution in [0.3, 0.4) is 0 Å². The van der Waals surface area contributed by atoms with Gasteiger partial charge in [0.1, 0.15) is 11.5 Å². The van der Waals surface area contributed by atoms with E-state index in [0.717, 1.165) is 0 Å². The Morgan fingerprint density at radius 3 is 2.46 bits per heavy atom. The highest BCUT2D eigenvalue weighted by molar-refractivity contribution is 6.63. The van der Waals surface area contributed by atoms with Crippen molar-refractivity contribution in [1.29, 1.82) is 0 Å². The minimum atomic E-state index is -0.644. The first-order chi connectivity index (χ1) is 11.5. The second kappa shape index (κ2) is 8.47. The van der Waals surface area contributed by atoms with Gasteiger partial charge in [-0.3, -0.25) is 4.79 Å². The van der Waals surface area contributed by atoms with Gasteiger partial charge in [0.15, 0.2) is 6.61 Å². The molecule has 5 nitrogen and oxygen atoms in total. The second-order valence-electron chi connectivity index (χ2n) is 4.67. The summed E-state index contributed by atoms with van der Waals surface area (Å²) in [5, 5.41) is 3.69. The molecule has 0 aliphatic rings. The fourth-order valence-electron chi connectivity index (χ4n) is 1.91. The fraction of sp³-hybridized carbons (Fsp3) is 0.118. The maximum absolute atomic E-state index is 11.1. The molecule has 0 aliphatic heterocycles. The number of hydrogen-bond donors (Lipinski definition) is 0. The van der Waals surface area contributed by atoms with Gasteiger partial charge in [0.25, 0.3) is 5.24 Å². The first kappa shape index (κ1) is 18.0. The number of carbonyl (C=O) groups is 2. The van der Waals surface area contributed by atoms with E-state index < -0.39 is 11.2 Å². The largest absolute Gasteiger partial charge is 0.484 e. The normalized spacial score (nSPS) is 11.0. The van der Waals surface area contributed by atoms with Gasteiger partial charge in [-0.25, -0.2) is 4.79 Å². The number of carbonyl (C=O) groups excluding carboxylic acids is 2. The van der Waals surface area contributed by atoms with Gasteiger partial charge in [0, 0.05) is 23.1 Å². The highest BCUT2D eigenvalue weighted by Crippen LogP contribution is 2.26. The van der Waals surface area contributed by atoms with E-state index in [4.69, 9.17) is 32.8 Å². The molecule has 7 heteroatoms. The van der Waals surface area contributed by atoms with Crippen LogP contribution in [0, 0.1) is 0 Å². The summed E-state index contributed by atoms with van der Waals surface area (Å²) in [6, 6.07) is 13.8. The molecular weight excluding hydrogens is 353 g/mol. The summed E-state index contributed by atoms with van der Waals surface area (Å²) >= 11 is 11.4. The predicted octanol–water partition coefficient (Wildman–Crippen LogP) is 3.80. The van der Waals surface area contributed by atoms with Crippen molar-refractivity contribution in [2.75, 3.05) is 6.61 Å². The molecule has 0 saturated heterocycles. The highest BCUT2D eigenvalue weighted by Gasteiger charge is 2.16. The molecule has 0 heterocycles. The van der Waals surface area contributed by atoms with Crippen molar-refractivity contribution < 1.29 is 19.2 Å². The number of ether oxygens (including phenoxy) is 1. The van der Waals surface area contributed by atoms with Crippen LogP contribution in [0.4, 0.5) is 0 Å². The van der Waals surface area contributed by atoms with Crippen molar-refractivity contribution in [2.24, 2.45) is 5.16 Å². The lowest BCUT2D eigenvalue weighted by atomic mass is 10.0. The average Bonchev–Trinajstić information content (AvgIpc) is 2.55. The van der Waals surface area contributed by atoms with Crippen molar-refractivity contribution in [3.05, 3.63) is 64.7 Å². The molecule has 0 fully saturated rings. The molecule has 0 amide bonds. The molecule has 2 rings (SSSR count). The molecule has 24 heavy (non-hydrogen) atoms. The monoisotopic (exact) mass is 365 g/mol. The van der Waals surface area contributed by atoms with Crippen molar-refractivity contribution >= 4 is 40.1 Å². The topological polar surface area (TPSA) is 65.0 Å². The van der Waals surface area contributed by atoms with Crippen LogP contribution in [0.25, 0.3) is 0 Å². The van der Waals surface area contributed by atoms with Gasteiger partial charge < -0.3 is 9.57 Å². The molecule has 0 aromatic heterocycles. The predicted molar refractivity (Wildman–Crippen MR) is 91.7 cm³/mol. The molecule has 0 radical (unpaired) electrons. The van der Waals surface area contributed by atoms with Crippen LogP contribution >= 0.6 is 23.2 Å². The van der Waals surface area contributed by atoms with Gasteiger partial charge in [-0.1, -0.05) is 47.1 Å². The Hall–Kier alpha value is -2.37. The lowest BCUT2D eigenvalue weighted by molar-refractivity contribution is -0.140. The van der Waals surface area contributed by atoms with Crippen LogP contribution in [-0.2, 0) is 14.4 Å². The number of oxime groups is 1. The Labute approximate surface area is 148 Å². The van der Waals surface area contributed by atoms with E-state index in [1.54, 1.807) is 30.3 Å². The fourth-order valence-corrected chi connectivity index (χ4v) is 2.14. The smallest absolute Gasteiger partial charge is 0.332 e. The quantitative estimate of drug-likeness (QED) is 0.338. The SMILES string of the molecule is CC(=O)ON=C(c1ccccc1)c1cc(Cl)ccc1OCC(=O)Cl. The number of benzene rings is 2. The average molecular weight is 366 g/mol. The molecule has 2 aromatic carbocycles.